The van der Waals surface area contributed by atoms with Crippen LogP contribution >= 0.6 is 0 Å². The predicted octanol–water partition coefficient (Wildman–Crippen LogP) is 3.13. The van der Waals surface area contributed by atoms with E-state index in [2.05, 4.69) is 17.6 Å². The SMILES string of the molecule is CCn1c2ccc(OC)c(=O)c-2cc2ccccc21. The molecule has 1 aliphatic heterocycles. The van der Waals surface area contributed by atoms with Gasteiger partial charge in [0.1, 0.15) is 0 Å². The minimum absolute atomic E-state index is 0.0482. The van der Waals surface area contributed by atoms with Crippen LogP contribution in [-0.2, 0) is 6.54 Å². The second kappa shape index (κ2) is 4.43. The summed E-state index contributed by atoms with van der Waals surface area (Å²) in [4.78, 5) is 12.3. The number of hydrogen-bond acceptors (Lipinski definition) is 2. The monoisotopic (exact) mass is 253 g/mol. The van der Waals surface area contributed by atoms with Crippen LogP contribution in [-0.4, -0.2) is 11.7 Å². The average Bonchev–Trinajstić information content (AvgIpc) is 2.46. The second-order valence-corrected chi connectivity index (χ2v) is 4.48. The first-order valence-electron chi connectivity index (χ1n) is 6.35. The zero-order chi connectivity index (χ0) is 13.4. The molecule has 0 saturated carbocycles. The van der Waals surface area contributed by atoms with Crippen molar-refractivity contribution in [1.29, 1.82) is 0 Å². The van der Waals surface area contributed by atoms with E-state index in [0.29, 0.717) is 11.3 Å². The highest BCUT2D eigenvalue weighted by Gasteiger charge is 2.15. The summed E-state index contributed by atoms with van der Waals surface area (Å²) in [6.07, 6.45) is 0. The number of methoxy groups -OCH3 is 1. The fraction of sp³-hybridized carbons (Fsp3) is 0.188. The van der Waals surface area contributed by atoms with Gasteiger partial charge in [0.2, 0.25) is 5.43 Å². The number of benzene rings is 2. The first-order chi connectivity index (χ1) is 9.26. The van der Waals surface area contributed by atoms with Crippen LogP contribution in [0.15, 0.2) is 47.3 Å². The number of aromatic nitrogens is 1. The van der Waals surface area contributed by atoms with Crippen molar-refractivity contribution >= 4 is 10.9 Å². The van der Waals surface area contributed by atoms with Crippen LogP contribution in [0.2, 0.25) is 0 Å². The van der Waals surface area contributed by atoms with E-state index in [1.807, 2.05) is 30.3 Å². The summed E-state index contributed by atoms with van der Waals surface area (Å²) < 4.78 is 7.28. The minimum Gasteiger partial charge on any atom is -0.493 e. The maximum absolute atomic E-state index is 12.3. The van der Waals surface area contributed by atoms with Crippen LogP contribution in [0.3, 0.4) is 0 Å². The fourth-order valence-electron chi connectivity index (χ4n) is 2.59. The predicted molar refractivity (Wildman–Crippen MR) is 77.1 cm³/mol. The maximum Gasteiger partial charge on any atom is 0.229 e. The van der Waals surface area contributed by atoms with Crippen LogP contribution in [0.5, 0.6) is 5.75 Å². The minimum atomic E-state index is -0.0482. The summed E-state index contributed by atoms with van der Waals surface area (Å²) in [6, 6.07) is 13.7. The molecular formula is C16H15NO2. The molecular weight excluding hydrogens is 238 g/mol. The molecule has 1 heterocycles. The van der Waals surface area contributed by atoms with E-state index < -0.39 is 0 Å². The molecule has 1 aromatic rings. The quantitative estimate of drug-likeness (QED) is 0.657. The number of ether oxygens (including phenoxy) is 1. The Morgan fingerprint density at radius 3 is 2.68 bits per heavy atom. The molecule has 0 aromatic heterocycles. The molecule has 96 valence electrons. The number of para-hydroxylation sites is 1. The lowest BCUT2D eigenvalue weighted by Gasteiger charge is -2.18. The van der Waals surface area contributed by atoms with Gasteiger partial charge in [-0.25, -0.2) is 0 Å². The second-order valence-electron chi connectivity index (χ2n) is 4.48. The summed E-state index contributed by atoms with van der Waals surface area (Å²) in [5.74, 6) is 0.394. The van der Waals surface area contributed by atoms with Crippen LogP contribution < -0.4 is 10.2 Å². The fourth-order valence-corrected chi connectivity index (χ4v) is 2.59. The van der Waals surface area contributed by atoms with Crippen molar-refractivity contribution in [2.45, 2.75) is 13.5 Å². The lowest BCUT2D eigenvalue weighted by Crippen LogP contribution is -2.14. The lowest BCUT2D eigenvalue weighted by molar-refractivity contribution is 0.411. The Kier molecular flexibility index (Phi) is 2.75. The molecule has 0 amide bonds. The van der Waals surface area contributed by atoms with Gasteiger partial charge in [0.15, 0.2) is 5.75 Å². The van der Waals surface area contributed by atoms with Crippen molar-refractivity contribution < 1.29 is 4.74 Å². The van der Waals surface area contributed by atoms with Crippen molar-refractivity contribution in [2.75, 3.05) is 7.11 Å². The van der Waals surface area contributed by atoms with E-state index in [0.717, 1.165) is 23.1 Å². The number of hydrogen-bond donors (Lipinski definition) is 0. The number of rotatable bonds is 2. The molecule has 1 aromatic carbocycles. The van der Waals surface area contributed by atoms with Gasteiger partial charge >= 0.3 is 0 Å². The van der Waals surface area contributed by atoms with Gasteiger partial charge in [-0.2, -0.15) is 0 Å². The Morgan fingerprint density at radius 2 is 1.95 bits per heavy atom. The molecule has 0 spiro atoms. The zero-order valence-electron chi connectivity index (χ0n) is 11.0. The van der Waals surface area contributed by atoms with E-state index in [-0.39, 0.29) is 5.43 Å². The van der Waals surface area contributed by atoms with E-state index in [9.17, 15) is 4.79 Å². The lowest BCUT2D eigenvalue weighted by atomic mass is 10.0. The Bertz CT molecular complexity index is 773. The standard InChI is InChI=1S/C16H15NO2/c1-3-17-13-7-5-4-6-11(13)10-12-14(17)8-9-15(19-2)16(12)18/h4-10H,3H2,1-2H3. The molecule has 0 saturated heterocycles. The summed E-state index contributed by atoms with van der Waals surface area (Å²) in [5, 5.41) is 1.07. The largest absolute Gasteiger partial charge is 0.493 e. The number of pyridine rings is 1. The number of nitrogens with zero attached hydrogens (tertiary/aromatic N) is 1. The van der Waals surface area contributed by atoms with Gasteiger partial charge in [-0.15, -0.1) is 0 Å². The molecule has 3 rings (SSSR count). The highest BCUT2D eigenvalue weighted by molar-refractivity contribution is 5.86. The van der Waals surface area contributed by atoms with Gasteiger partial charge in [0.05, 0.1) is 18.4 Å². The van der Waals surface area contributed by atoms with E-state index in [1.54, 1.807) is 6.07 Å². The molecule has 1 aliphatic carbocycles. The summed E-state index contributed by atoms with van der Waals surface area (Å²) in [6.45, 7) is 2.91. The van der Waals surface area contributed by atoms with Crippen LogP contribution in [0, 0.1) is 0 Å². The number of aryl methyl sites for hydroxylation is 1. The van der Waals surface area contributed by atoms with Gasteiger partial charge in [0, 0.05) is 12.1 Å². The summed E-state index contributed by atoms with van der Waals surface area (Å²) >= 11 is 0. The van der Waals surface area contributed by atoms with Crippen molar-refractivity contribution in [3.8, 4) is 17.0 Å². The van der Waals surface area contributed by atoms with Crippen LogP contribution in [0.1, 0.15) is 6.92 Å². The van der Waals surface area contributed by atoms with Gasteiger partial charge in [-0.1, -0.05) is 18.2 Å². The van der Waals surface area contributed by atoms with Crippen molar-refractivity contribution in [3.63, 3.8) is 0 Å². The molecule has 0 fully saturated rings. The average molecular weight is 253 g/mol. The van der Waals surface area contributed by atoms with Gasteiger partial charge in [-0.3, -0.25) is 4.79 Å². The van der Waals surface area contributed by atoms with Crippen molar-refractivity contribution in [2.24, 2.45) is 0 Å². The third-order valence-corrected chi connectivity index (χ3v) is 3.49. The number of fused-ring (bicyclic) bond motifs is 2. The van der Waals surface area contributed by atoms with Crippen LogP contribution in [0.4, 0.5) is 0 Å². The third kappa shape index (κ3) is 1.70. The topological polar surface area (TPSA) is 31.2 Å². The van der Waals surface area contributed by atoms with Gasteiger partial charge < -0.3 is 9.30 Å². The molecule has 3 nitrogen and oxygen atoms in total. The van der Waals surface area contributed by atoms with Gasteiger partial charge in [0.25, 0.3) is 0 Å². The molecule has 0 N–H and O–H groups in total. The summed E-state index contributed by atoms with van der Waals surface area (Å²) in [5.41, 5.74) is 2.75. The Morgan fingerprint density at radius 1 is 1.16 bits per heavy atom. The maximum atomic E-state index is 12.3. The van der Waals surface area contributed by atoms with Crippen LogP contribution in [0.25, 0.3) is 22.2 Å². The molecule has 0 atom stereocenters. The normalized spacial score (nSPS) is 11.1. The summed E-state index contributed by atoms with van der Waals surface area (Å²) in [7, 11) is 1.53. The molecule has 19 heavy (non-hydrogen) atoms. The molecule has 0 unspecified atom stereocenters. The molecule has 2 aliphatic rings. The first-order valence-corrected chi connectivity index (χ1v) is 6.35. The van der Waals surface area contributed by atoms with E-state index in [4.69, 9.17) is 4.74 Å². The van der Waals surface area contributed by atoms with E-state index >= 15 is 0 Å². The molecule has 0 radical (unpaired) electrons. The Hall–Kier alpha value is -2.29. The smallest absolute Gasteiger partial charge is 0.229 e. The molecule has 0 bridgehead atoms. The third-order valence-electron chi connectivity index (χ3n) is 3.49. The highest BCUT2D eigenvalue weighted by Crippen LogP contribution is 2.27. The van der Waals surface area contributed by atoms with E-state index in [1.165, 1.54) is 7.11 Å². The van der Waals surface area contributed by atoms with Gasteiger partial charge in [-0.05, 0) is 36.6 Å². The Labute approximate surface area is 111 Å². The van der Waals surface area contributed by atoms with Crippen molar-refractivity contribution in [3.05, 3.63) is 52.7 Å². The highest BCUT2D eigenvalue weighted by atomic mass is 16.5. The zero-order valence-corrected chi connectivity index (χ0v) is 11.0. The molecule has 3 heteroatoms. The first kappa shape index (κ1) is 11.8. The van der Waals surface area contributed by atoms with Crippen molar-refractivity contribution in [1.82, 2.24) is 4.57 Å². The Balaban J connectivity index is 2.51.